The van der Waals surface area contributed by atoms with Crippen LogP contribution in [0.25, 0.3) is 60.9 Å². The van der Waals surface area contributed by atoms with Gasteiger partial charge in [-0.25, -0.2) is 0 Å². The zero-order valence-corrected chi connectivity index (χ0v) is 24.4. The average Bonchev–Trinajstić information content (AvgIpc) is 3.44. The van der Waals surface area contributed by atoms with Gasteiger partial charge in [-0.2, -0.15) is 0 Å². The Morgan fingerprint density at radius 2 is 0.750 bits per heavy atom. The summed E-state index contributed by atoms with van der Waals surface area (Å²) < 4.78 is 2.36. The second-order valence-corrected chi connectivity index (χ2v) is 11.4. The first-order valence-electron chi connectivity index (χ1n) is 15.2. The van der Waals surface area contributed by atoms with Gasteiger partial charge in [0.25, 0.3) is 0 Å². The minimum Gasteiger partial charge on any atom is -0.309 e. The van der Waals surface area contributed by atoms with E-state index < -0.39 is 0 Å². The van der Waals surface area contributed by atoms with Crippen LogP contribution in [0.2, 0.25) is 0 Å². The first-order chi connectivity index (χ1) is 21.8. The molecule has 44 heavy (non-hydrogen) atoms. The van der Waals surface area contributed by atoms with Gasteiger partial charge in [0.2, 0.25) is 0 Å². The number of aromatic nitrogens is 1. The van der Waals surface area contributed by atoms with Gasteiger partial charge in [0.05, 0.1) is 11.0 Å². The monoisotopic (exact) mass is 561 g/mol. The van der Waals surface area contributed by atoms with E-state index in [1.54, 1.807) is 0 Å². The molecule has 0 saturated carbocycles. The molecule has 1 aromatic heterocycles. The van der Waals surface area contributed by atoms with Crippen molar-refractivity contribution in [3.63, 3.8) is 0 Å². The van der Waals surface area contributed by atoms with Crippen molar-refractivity contribution in [3.8, 4) is 39.1 Å². The van der Waals surface area contributed by atoms with Gasteiger partial charge >= 0.3 is 0 Å². The molecule has 1 heteroatoms. The summed E-state index contributed by atoms with van der Waals surface area (Å²) in [6.07, 6.45) is 0.914. The van der Waals surface area contributed by atoms with Crippen molar-refractivity contribution < 1.29 is 0 Å². The van der Waals surface area contributed by atoms with E-state index in [1.807, 2.05) is 0 Å². The van der Waals surface area contributed by atoms with Crippen molar-refractivity contribution in [2.75, 3.05) is 0 Å². The number of benzene rings is 7. The summed E-state index contributed by atoms with van der Waals surface area (Å²) in [7, 11) is 0. The molecule has 1 heterocycles. The predicted molar refractivity (Wildman–Crippen MR) is 186 cm³/mol. The van der Waals surface area contributed by atoms with Crippen LogP contribution in [-0.4, -0.2) is 4.57 Å². The highest BCUT2D eigenvalue weighted by Crippen LogP contribution is 2.35. The van der Waals surface area contributed by atoms with Crippen LogP contribution in [0.15, 0.2) is 176 Å². The van der Waals surface area contributed by atoms with Gasteiger partial charge < -0.3 is 4.57 Å². The van der Waals surface area contributed by atoms with Crippen molar-refractivity contribution in [2.24, 2.45) is 0 Å². The third kappa shape index (κ3) is 4.89. The van der Waals surface area contributed by atoms with Crippen LogP contribution in [0, 0.1) is 0 Å². The van der Waals surface area contributed by atoms with Crippen LogP contribution >= 0.6 is 0 Å². The molecular formula is C43H31N. The van der Waals surface area contributed by atoms with Gasteiger partial charge in [0.1, 0.15) is 0 Å². The Labute approximate surface area is 258 Å². The molecule has 0 aliphatic rings. The summed E-state index contributed by atoms with van der Waals surface area (Å²) in [5.41, 5.74) is 13.7. The van der Waals surface area contributed by atoms with Gasteiger partial charge in [-0.05, 0) is 81.3 Å². The van der Waals surface area contributed by atoms with Gasteiger partial charge in [-0.3, -0.25) is 0 Å². The molecule has 0 radical (unpaired) electrons. The molecule has 0 aliphatic carbocycles. The van der Waals surface area contributed by atoms with Crippen molar-refractivity contribution >= 4 is 21.8 Å². The fraction of sp³-hybridized carbons (Fsp3) is 0.0233. The number of hydrogen-bond donors (Lipinski definition) is 0. The SMILES string of the molecule is c1ccc(-c2ccc(-c3ccc(Cc4ccc(-c5ccc6c(c5)c5ccccc5n6-c5ccccc5)cc4)cc3)cc2)cc1. The fourth-order valence-electron chi connectivity index (χ4n) is 6.36. The summed E-state index contributed by atoms with van der Waals surface area (Å²) in [4.78, 5) is 0. The summed E-state index contributed by atoms with van der Waals surface area (Å²) in [6, 6.07) is 63.6. The lowest BCUT2D eigenvalue weighted by molar-refractivity contribution is 1.18. The molecule has 0 N–H and O–H groups in total. The smallest absolute Gasteiger partial charge is 0.0541 e. The van der Waals surface area contributed by atoms with E-state index in [0.717, 1.165) is 6.42 Å². The van der Waals surface area contributed by atoms with E-state index in [4.69, 9.17) is 0 Å². The maximum absolute atomic E-state index is 2.36. The molecule has 208 valence electrons. The van der Waals surface area contributed by atoms with Crippen molar-refractivity contribution in [3.05, 3.63) is 187 Å². The van der Waals surface area contributed by atoms with Crippen LogP contribution in [0.4, 0.5) is 0 Å². The standard InChI is InChI=1S/C43H31N/c1-3-9-33(10-4-1)35-23-25-36(26-24-35)34-19-15-31(16-20-34)29-32-17-21-37(22-18-32)38-27-28-43-41(30-38)40-13-7-8-14-42(40)44(43)39-11-5-2-6-12-39/h1-28,30H,29H2. The lowest BCUT2D eigenvalue weighted by atomic mass is 9.97. The minimum absolute atomic E-state index is 0.914. The predicted octanol–water partition coefficient (Wildman–Crippen LogP) is 11.4. The highest BCUT2D eigenvalue weighted by atomic mass is 15.0. The topological polar surface area (TPSA) is 4.93 Å². The molecule has 0 fully saturated rings. The van der Waals surface area contributed by atoms with Crippen LogP contribution in [0.5, 0.6) is 0 Å². The Hall–Kier alpha value is -5.66. The van der Waals surface area contributed by atoms with Gasteiger partial charge in [0.15, 0.2) is 0 Å². The Balaban J connectivity index is 1.02. The highest BCUT2D eigenvalue weighted by molar-refractivity contribution is 6.10. The Bertz CT molecular complexity index is 2190. The van der Waals surface area contributed by atoms with E-state index in [9.17, 15) is 0 Å². The van der Waals surface area contributed by atoms with Crippen molar-refractivity contribution in [1.82, 2.24) is 4.57 Å². The lowest BCUT2D eigenvalue weighted by Gasteiger charge is -2.09. The summed E-state index contributed by atoms with van der Waals surface area (Å²) in [5.74, 6) is 0. The van der Waals surface area contributed by atoms with E-state index >= 15 is 0 Å². The van der Waals surface area contributed by atoms with Gasteiger partial charge in [0, 0.05) is 16.5 Å². The number of nitrogens with zero attached hydrogens (tertiary/aromatic N) is 1. The summed E-state index contributed by atoms with van der Waals surface area (Å²) in [6.45, 7) is 0. The molecule has 7 aromatic carbocycles. The molecule has 8 aromatic rings. The minimum atomic E-state index is 0.914. The number of rotatable bonds is 6. The number of fused-ring (bicyclic) bond motifs is 3. The zero-order valence-electron chi connectivity index (χ0n) is 24.4. The van der Waals surface area contributed by atoms with Crippen LogP contribution < -0.4 is 0 Å². The Morgan fingerprint density at radius 1 is 0.318 bits per heavy atom. The fourth-order valence-corrected chi connectivity index (χ4v) is 6.36. The zero-order chi connectivity index (χ0) is 29.3. The quantitative estimate of drug-likeness (QED) is 0.190. The molecule has 0 saturated heterocycles. The molecule has 0 bridgehead atoms. The third-order valence-electron chi connectivity index (χ3n) is 8.66. The summed E-state index contributed by atoms with van der Waals surface area (Å²) in [5, 5.41) is 2.56. The molecule has 1 nitrogen and oxygen atoms in total. The first-order valence-corrected chi connectivity index (χ1v) is 15.2. The molecular weight excluding hydrogens is 530 g/mol. The van der Waals surface area contributed by atoms with Gasteiger partial charge in [-0.15, -0.1) is 0 Å². The molecule has 8 rings (SSSR count). The van der Waals surface area contributed by atoms with Crippen molar-refractivity contribution in [1.29, 1.82) is 0 Å². The first kappa shape index (κ1) is 26.0. The normalized spacial score (nSPS) is 11.3. The number of para-hydroxylation sites is 2. The Morgan fingerprint density at radius 3 is 1.36 bits per heavy atom. The lowest BCUT2D eigenvalue weighted by Crippen LogP contribution is -1.92. The Kier molecular flexibility index (Phi) is 6.62. The van der Waals surface area contributed by atoms with Crippen molar-refractivity contribution in [2.45, 2.75) is 6.42 Å². The van der Waals surface area contributed by atoms with Crippen LogP contribution in [-0.2, 0) is 6.42 Å². The maximum atomic E-state index is 2.36. The van der Waals surface area contributed by atoms with Crippen LogP contribution in [0.1, 0.15) is 11.1 Å². The van der Waals surface area contributed by atoms with E-state index in [2.05, 4.69) is 180 Å². The second-order valence-electron chi connectivity index (χ2n) is 11.4. The highest BCUT2D eigenvalue weighted by Gasteiger charge is 2.13. The van der Waals surface area contributed by atoms with E-state index in [-0.39, 0.29) is 0 Å². The van der Waals surface area contributed by atoms with Crippen LogP contribution in [0.3, 0.4) is 0 Å². The maximum Gasteiger partial charge on any atom is 0.0541 e. The van der Waals surface area contributed by atoms with E-state index in [0.29, 0.717) is 0 Å². The third-order valence-corrected chi connectivity index (χ3v) is 8.66. The molecule has 0 atom stereocenters. The summed E-state index contributed by atoms with van der Waals surface area (Å²) >= 11 is 0. The number of hydrogen-bond acceptors (Lipinski definition) is 0. The van der Waals surface area contributed by atoms with Gasteiger partial charge in [-0.1, -0.05) is 146 Å². The van der Waals surface area contributed by atoms with E-state index in [1.165, 1.54) is 72.0 Å². The molecule has 0 unspecified atom stereocenters. The molecule has 0 aliphatic heterocycles. The largest absolute Gasteiger partial charge is 0.309 e. The second kappa shape index (κ2) is 11.2. The average molecular weight is 562 g/mol. The molecule has 0 amide bonds. The molecule has 0 spiro atoms.